The Bertz CT molecular complexity index is 234. The van der Waals surface area contributed by atoms with E-state index in [4.69, 9.17) is 11.2 Å². The summed E-state index contributed by atoms with van der Waals surface area (Å²) in [5.74, 6) is 3.85. The molecule has 0 aliphatic heterocycles. The summed E-state index contributed by atoms with van der Waals surface area (Å²) >= 11 is 0. The van der Waals surface area contributed by atoms with Crippen LogP contribution in [-0.4, -0.2) is 6.61 Å². The van der Waals surface area contributed by atoms with Gasteiger partial charge in [0.05, 0.1) is 12.4 Å². The minimum absolute atomic E-state index is 0.886. The maximum Gasteiger partial charge on any atom is 0.0917 e. The van der Waals surface area contributed by atoms with Gasteiger partial charge in [0.1, 0.15) is 0 Å². The number of rotatable bonds is 12. The quantitative estimate of drug-likeness (QED) is 0.254. The molecule has 0 amide bonds. The number of unbranched alkanes of at least 4 members (excludes halogenated alkanes) is 7. The van der Waals surface area contributed by atoms with Crippen LogP contribution < -0.4 is 0 Å². The van der Waals surface area contributed by atoms with E-state index >= 15 is 0 Å². The van der Waals surface area contributed by atoms with E-state index < -0.39 is 0 Å². The summed E-state index contributed by atoms with van der Waals surface area (Å²) in [6.45, 7) is 5.13. The van der Waals surface area contributed by atoms with Gasteiger partial charge in [-0.05, 0) is 32.3 Å². The van der Waals surface area contributed by atoms with Crippen molar-refractivity contribution in [2.24, 2.45) is 0 Å². The minimum atomic E-state index is 0.886. The molecule has 0 bridgehead atoms. The highest BCUT2D eigenvalue weighted by atomic mass is 16.5. The van der Waals surface area contributed by atoms with Crippen LogP contribution in [0.5, 0.6) is 0 Å². The molecule has 0 N–H and O–H groups in total. The van der Waals surface area contributed by atoms with Crippen molar-refractivity contribution in [2.45, 2.75) is 78.1 Å². The summed E-state index contributed by atoms with van der Waals surface area (Å²) in [5.41, 5.74) is 0. The predicted octanol–water partition coefficient (Wildman–Crippen LogP) is 5.46. The third-order valence-corrected chi connectivity index (χ3v) is 3.07. The second-order valence-electron chi connectivity index (χ2n) is 4.78. The summed E-state index contributed by atoms with van der Waals surface area (Å²) in [7, 11) is 0. The van der Waals surface area contributed by atoms with Gasteiger partial charge in [-0.15, -0.1) is 12.3 Å². The van der Waals surface area contributed by atoms with Gasteiger partial charge in [-0.3, -0.25) is 0 Å². The smallest absolute Gasteiger partial charge is 0.0917 e. The van der Waals surface area contributed by atoms with Crippen molar-refractivity contribution in [3.05, 3.63) is 11.8 Å². The van der Waals surface area contributed by atoms with Gasteiger partial charge >= 0.3 is 0 Å². The Balaban J connectivity index is 3.18. The van der Waals surface area contributed by atoms with Crippen LogP contribution in [0.1, 0.15) is 78.1 Å². The molecule has 0 aromatic carbocycles. The van der Waals surface area contributed by atoms with Crippen LogP contribution in [0, 0.1) is 12.3 Å². The highest BCUT2D eigenvalue weighted by molar-refractivity contribution is 4.89. The largest absolute Gasteiger partial charge is 0.498 e. The molecule has 0 fully saturated rings. The summed E-state index contributed by atoms with van der Waals surface area (Å²) in [6, 6.07) is 0. The van der Waals surface area contributed by atoms with Gasteiger partial charge < -0.3 is 4.74 Å². The highest BCUT2D eigenvalue weighted by Crippen LogP contribution is 2.10. The summed E-state index contributed by atoms with van der Waals surface area (Å²) in [6.07, 6.45) is 19.5. The lowest BCUT2D eigenvalue weighted by atomic mass is 10.1. The molecule has 0 aromatic rings. The fourth-order valence-electron chi connectivity index (χ4n) is 1.96. The molecular formula is C17H30O. The molecule has 0 saturated carbocycles. The van der Waals surface area contributed by atoms with Crippen molar-refractivity contribution in [2.75, 3.05) is 6.61 Å². The lowest BCUT2D eigenvalue weighted by Gasteiger charge is -2.09. The molecule has 0 aliphatic carbocycles. The van der Waals surface area contributed by atoms with Gasteiger partial charge in [-0.1, -0.05) is 39.0 Å². The lowest BCUT2D eigenvalue weighted by Crippen LogP contribution is -1.95. The van der Waals surface area contributed by atoms with Crippen LogP contribution in [0.4, 0.5) is 0 Å². The highest BCUT2D eigenvalue weighted by Gasteiger charge is 1.96. The monoisotopic (exact) mass is 250 g/mol. The number of terminal acetylenes is 1. The standard InChI is InChI=1S/C17H30O/c1-4-7-8-9-10-11-12-13-14-16-18-17(6-3)15-5-2/h1,6H,5,7-16H2,2-3H3. The first-order valence-corrected chi connectivity index (χ1v) is 7.56. The van der Waals surface area contributed by atoms with Crippen molar-refractivity contribution >= 4 is 0 Å². The number of hydrogen-bond acceptors (Lipinski definition) is 1. The molecule has 1 nitrogen and oxygen atoms in total. The van der Waals surface area contributed by atoms with Crippen molar-refractivity contribution in [3.8, 4) is 12.3 Å². The Morgan fingerprint density at radius 2 is 1.67 bits per heavy atom. The Hall–Kier alpha value is -0.900. The van der Waals surface area contributed by atoms with E-state index in [1.165, 1.54) is 44.9 Å². The summed E-state index contributed by atoms with van der Waals surface area (Å²) < 4.78 is 5.73. The Morgan fingerprint density at radius 1 is 1.06 bits per heavy atom. The van der Waals surface area contributed by atoms with Crippen LogP contribution in [0.15, 0.2) is 11.8 Å². The maximum atomic E-state index is 5.73. The van der Waals surface area contributed by atoms with Crippen LogP contribution in [0.2, 0.25) is 0 Å². The zero-order valence-corrected chi connectivity index (χ0v) is 12.3. The topological polar surface area (TPSA) is 9.23 Å². The Morgan fingerprint density at radius 3 is 2.22 bits per heavy atom. The third kappa shape index (κ3) is 11.6. The van der Waals surface area contributed by atoms with Crippen LogP contribution in [0.3, 0.4) is 0 Å². The average molecular weight is 250 g/mol. The fourth-order valence-corrected chi connectivity index (χ4v) is 1.96. The molecule has 0 aliphatic rings. The van der Waals surface area contributed by atoms with Gasteiger partial charge in [0.2, 0.25) is 0 Å². The second kappa shape index (κ2) is 14.2. The first-order valence-electron chi connectivity index (χ1n) is 7.56. The van der Waals surface area contributed by atoms with E-state index in [2.05, 4.69) is 25.8 Å². The summed E-state index contributed by atoms with van der Waals surface area (Å²) in [4.78, 5) is 0. The SMILES string of the molecule is C#CCCCCCCCCCOC(=CC)CCC. The molecule has 1 heteroatoms. The molecular weight excluding hydrogens is 220 g/mol. The van der Waals surface area contributed by atoms with E-state index in [0.717, 1.165) is 31.6 Å². The minimum Gasteiger partial charge on any atom is -0.498 e. The molecule has 0 aromatic heterocycles. The fraction of sp³-hybridized carbons (Fsp3) is 0.765. The van der Waals surface area contributed by atoms with E-state index in [1.807, 2.05) is 0 Å². The van der Waals surface area contributed by atoms with Crippen molar-refractivity contribution in [3.63, 3.8) is 0 Å². The number of ether oxygens (including phenoxy) is 1. The van der Waals surface area contributed by atoms with Gasteiger partial charge in [-0.25, -0.2) is 0 Å². The molecule has 0 spiro atoms. The van der Waals surface area contributed by atoms with Crippen molar-refractivity contribution in [1.29, 1.82) is 0 Å². The normalized spacial score (nSPS) is 11.3. The molecule has 0 unspecified atom stereocenters. The number of hydrogen-bond donors (Lipinski definition) is 0. The molecule has 0 saturated heterocycles. The lowest BCUT2D eigenvalue weighted by molar-refractivity contribution is 0.194. The van der Waals surface area contributed by atoms with Gasteiger partial charge in [-0.2, -0.15) is 0 Å². The van der Waals surface area contributed by atoms with Gasteiger partial charge in [0, 0.05) is 12.8 Å². The second-order valence-corrected chi connectivity index (χ2v) is 4.78. The molecule has 0 radical (unpaired) electrons. The molecule has 0 rings (SSSR count). The first-order chi connectivity index (χ1) is 8.85. The Kier molecular flexibility index (Phi) is 13.5. The van der Waals surface area contributed by atoms with Crippen molar-refractivity contribution < 1.29 is 4.74 Å². The molecule has 18 heavy (non-hydrogen) atoms. The van der Waals surface area contributed by atoms with Crippen LogP contribution in [-0.2, 0) is 4.74 Å². The average Bonchev–Trinajstić information content (AvgIpc) is 2.39. The third-order valence-electron chi connectivity index (χ3n) is 3.07. The molecule has 104 valence electrons. The zero-order valence-electron chi connectivity index (χ0n) is 12.3. The Labute approximate surface area is 114 Å². The molecule has 0 atom stereocenters. The zero-order chi connectivity index (χ0) is 13.5. The van der Waals surface area contributed by atoms with E-state index in [0.29, 0.717) is 0 Å². The van der Waals surface area contributed by atoms with E-state index in [-0.39, 0.29) is 0 Å². The van der Waals surface area contributed by atoms with Crippen molar-refractivity contribution in [1.82, 2.24) is 0 Å². The predicted molar refractivity (Wildman–Crippen MR) is 80.4 cm³/mol. The maximum absolute atomic E-state index is 5.73. The first kappa shape index (κ1) is 17.1. The van der Waals surface area contributed by atoms with E-state index in [1.54, 1.807) is 0 Å². The van der Waals surface area contributed by atoms with Gasteiger partial charge in [0.15, 0.2) is 0 Å². The van der Waals surface area contributed by atoms with Crippen LogP contribution in [0.25, 0.3) is 0 Å². The van der Waals surface area contributed by atoms with Gasteiger partial charge in [0.25, 0.3) is 0 Å². The number of allylic oxidation sites excluding steroid dienone is 2. The summed E-state index contributed by atoms with van der Waals surface area (Å²) in [5, 5.41) is 0. The molecule has 0 heterocycles. The van der Waals surface area contributed by atoms with Crippen LogP contribution >= 0.6 is 0 Å². The van der Waals surface area contributed by atoms with E-state index in [9.17, 15) is 0 Å².